The lowest BCUT2D eigenvalue weighted by atomic mass is 9.73. The minimum absolute atomic E-state index is 0.138. The number of hydrogen-bond acceptors (Lipinski definition) is 3. The molecule has 1 fully saturated rings. The molecule has 0 bridgehead atoms. The number of rotatable bonds is 9. The first-order chi connectivity index (χ1) is 19.7. The first-order valence-electron chi connectivity index (χ1n) is 14.3. The molecule has 1 saturated heterocycles. The molecule has 0 radical (unpaired) electrons. The first-order valence-corrected chi connectivity index (χ1v) is 14.3. The third-order valence-corrected chi connectivity index (χ3v) is 8.38. The predicted molar refractivity (Wildman–Crippen MR) is 153 cm³/mol. The van der Waals surface area contributed by atoms with Crippen LogP contribution in [0, 0.1) is 6.92 Å². The number of nitrogens with zero attached hydrogens (tertiary/aromatic N) is 2. The minimum Gasteiger partial charge on any atom is -0.346 e. The molecule has 3 aromatic rings. The maximum absolute atomic E-state index is 13.6. The lowest BCUT2D eigenvalue weighted by molar-refractivity contribution is -0.141. The Kier molecular flexibility index (Phi) is 8.50. The van der Waals surface area contributed by atoms with Crippen molar-refractivity contribution >= 4 is 11.8 Å². The molecule has 3 aromatic carbocycles. The van der Waals surface area contributed by atoms with Crippen molar-refractivity contribution in [3.8, 4) is 11.1 Å². The van der Waals surface area contributed by atoms with Gasteiger partial charge in [-0.2, -0.15) is 13.2 Å². The molecule has 1 N–H and O–H groups in total. The van der Waals surface area contributed by atoms with Crippen LogP contribution in [0.2, 0.25) is 0 Å². The molecule has 0 aromatic heterocycles. The lowest BCUT2D eigenvalue weighted by Gasteiger charge is -2.35. The Morgan fingerprint density at radius 2 is 1.41 bits per heavy atom. The number of piperazine rings is 1. The van der Waals surface area contributed by atoms with Crippen molar-refractivity contribution in [3.05, 3.63) is 95.1 Å². The van der Waals surface area contributed by atoms with Crippen molar-refractivity contribution < 1.29 is 22.8 Å². The standard InChI is InChI=1S/C33H36F3N3O2/c1-24-12-14-25(15-13-24)22-30(40)39-20-18-38(19-21-39)17-7-6-16-32(31(41)37-23-33(34,35)36)28-10-4-2-8-26(28)27-9-3-5-11-29(27)32/h2-5,8-15H,6-7,16-23H2,1H3,(H,37,41). The largest absolute Gasteiger partial charge is 0.405 e. The van der Waals surface area contributed by atoms with Crippen LogP contribution in [0.4, 0.5) is 13.2 Å². The van der Waals surface area contributed by atoms with Crippen LogP contribution >= 0.6 is 0 Å². The molecule has 1 heterocycles. The third kappa shape index (κ3) is 6.32. The van der Waals surface area contributed by atoms with Crippen LogP contribution in [0.25, 0.3) is 11.1 Å². The summed E-state index contributed by atoms with van der Waals surface area (Å²) >= 11 is 0. The number of hydrogen-bond donors (Lipinski definition) is 1. The van der Waals surface area contributed by atoms with E-state index in [1.165, 1.54) is 5.56 Å². The van der Waals surface area contributed by atoms with Crippen molar-refractivity contribution in [2.45, 2.75) is 44.2 Å². The van der Waals surface area contributed by atoms with Gasteiger partial charge in [0, 0.05) is 26.2 Å². The summed E-state index contributed by atoms with van der Waals surface area (Å²) in [5.74, 6) is -0.466. The summed E-state index contributed by atoms with van der Waals surface area (Å²) in [5.41, 5.74) is 4.35. The van der Waals surface area contributed by atoms with E-state index in [2.05, 4.69) is 10.2 Å². The number of carbonyl (C=O) groups is 2. The summed E-state index contributed by atoms with van der Waals surface area (Å²) < 4.78 is 39.3. The quantitative estimate of drug-likeness (QED) is 0.350. The third-order valence-electron chi connectivity index (χ3n) is 8.38. The number of unbranched alkanes of at least 4 members (excludes halogenated alkanes) is 1. The van der Waals surface area contributed by atoms with E-state index in [0.29, 0.717) is 32.4 Å². The van der Waals surface area contributed by atoms with E-state index in [1.807, 2.05) is 84.6 Å². The highest BCUT2D eigenvalue weighted by molar-refractivity contribution is 6.00. The summed E-state index contributed by atoms with van der Waals surface area (Å²) in [6.45, 7) is 4.39. The average Bonchev–Trinajstić information content (AvgIpc) is 3.26. The monoisotopic (exact) mass is 563 g/mol. The molecule has 1 aliphatic heterocycles. The summed E-state index contributed by atoms with van der Waals surface area (Å²) in [7, 11) is 0. The summed E-state index contributed by atoms with van der Waals surface area (Å²) in [5, 5.41) is 2.20. The minimum atomic E-state index is -4.49. The molecular weight excluding hydrogens is 527 g/mol. The van der Waals surface area contributed by atoms with E-state index < -0.39 is 24.0 Å². The fourth-order valence-electron chi connectivity index (χ4n) is 6.22. The van der Waals surface area contributed by atoms with E-state index >= 15 is 0 Å². The molecule has 0 saturated carbocycles. The van der Waals surface area contributed by atoms with Crippen molar-refractivity contribution in [1.29, 1.82) is 0 Å². The molecule has 5 nitrogen and oxygen atoms in total. The van der Waals surface area contributed by atoms with Crippen LogP contribution in [0.1, 0.15) is 41.5 Å². The van der Waals surface area contributed by atoms with Gasteiger partial charge in [-0.25, -0.2) is 0 Å². The van der Waals surface area contributed by atoms with Crippen LogP contribution in [-0.2, 0) is 21.4 Å². The number of amides is 2. The zero-order chi connectivity index (χ0) is 29.0. The highest BCUT2D eigenvalue weighted by atomic mass is 19.4. The number of aryl methyl sites for hydroxylation is 1. The van der Waals surface area contributed by atoms with Gasteiger partial charge in [-0.15, -0.1) is 0 Å². The summed E-state index contributed by atoms with van der Waals surface area (Å²) in [6, 6.07) is 23.1. The Morgan fingerprint density at radius 1 is 0.829 bits per heavy atom. The fourth-order valence-corrected chi connectivity index (χ4v) is 6.22. The zero-order valence-corrected chi connectivity index (χ0v) is 23.3. The van der Waals surface area contributed by atoms with Crippen molar-refractivity contribution in [2.75, 3.05) is 39.3 Å². The van der Waals surface area contributed by atoms with E-state index in [4.69, 9.17) is 0 Å². The van der Waals surface area contributed by atoms with Gasteiger partial charge >= 0.3 is 6.18 Å². The topological polar surface area (TPSA) is 52.7 Å². The summed E-state index contributed by atoms with van der Waals surface area (Å²) in [6.07, 6.45) is -2.19. The Labute approximate surface area is 239 Å². The van der Waals surface area contributed by atoms with Gasteiger partial charge in [-0.1, -0.05) is 84.8 Å². The number of nitrogens with one attached hydrogen (secondary N) is 1. The van der Waals surface area contributed by atoms with E-state index in [0.717, 1.165) is 53.9 Å². The maximum Gasteiger partial charge on any atom is 0.405 e. The fraction of sp³-hybridized carbons (Fsp3) is 0.394. The molecule has 8 heteroatoms. The zero-order valence-electron chi connectivity index (χ0n) is 23.3. The van der Waals surface area contributed by atoms with Gasteiger partial charge in [0.2, 0.25) is 11.8 Å². The molecule has 2 amide bonds. The van der Waals surface area contributed by atoms with Crippen LogP contribution in [0.3, 0.4) is 0 Å². The molecule has 2 aliphatic rings. The van der Waals surface area contributed by atoms with Crippen LogP contribution in [0.5, 0.6) is 0 Å². The highest BCUT2D eigenvalue weighted by Crippen LogP contribution is 2.51. The van der Waals surface area contributed by atoms with Crippen LogP contribution < -0.4 is 5.32 Å². The van der Waals surface area contributed by atoms with Gasteiger partial charge in [-0.05, 0) is 54.1 Å². The second-order valence-corrected chi connectivity index (χ2v) is 11.1. The average molecular weight is 564 g/mol. The van der Waals surface area contributed by atoms with Gasteiger partial charge in [0.05, 0.1) is 6.42 Å². The van der Waals surface area contributed by atoms with Crippen molar-refractivity contribution in [3.63, 3.8) is 0 Å². The molecule has 5 rings (SSSR count). The van der Waals surface area contributed by atoms with Gasteiger partial charge in [0.1, 0.15) is 12.0 Å². The maximum atomic E-state index is 13.6. The van der Waals surface area contributed by atoms with E-state index in [-0.39, 0.29) is 5.91 Å². The van der Waals surface area contributed by atoms with Gasteiger partial charge in [-0.3, -0.25) is 14.5 Å². The van der Waals surface area contributed by atoms with E-state index in [9.17, 15) is 22.8 Å². The van der Waals surface area contributed by atoms with Crippen molar-refractivity contribution in [1.82, 2.24) is 15.1 Å². The Balaban J connectivity index is 1.20. The number of fused-ring (bicyclic) bond motifs is 3. The Morgan fingerprint density at radius 3 is 2.00 bits per heavy atom. The normalized spacial score (nSPS) is 16.2. The lowest BCUT2D eigenvalue weighted by Crippen LogP contribution is -2.49. The predicted octanol–water partition coefficient (Wildman–Crippen LogP) is 5.50. The highest BCUT2D eigenvalue weighted by Gasteiger charge is 2.49. The Hall–Kier alpha value is -3.65. The number of alkyl halides is 3. The molecule has 0 unspecified atom stereocenters. The van der Waals surface area contributed by atoms with Crippen molar-refractivity contribution in [2.24, 2.45) is 0 Å². The molecule has 0 spiro atoms. The molecular formula is C33H36F3N3O2. The van der Waals surface area contributed by atoms with E-state index in [1.54, 1.807) is 0 Å². The molecule has 1 aliphatic carbocycles. The second kappa shape index (κ2) is 12.1. The smallest absolute Gasteiger partial charge is 0.346 e. The number of halogens is 3. The summed E-state index contributed by atoms with van der Waals surface area (Å²) in [4.78, 5) is 30.6. The molecule has 0 atom stereocenters. The second-order valence-electron chi connectivity index (χ2n) is 11.1. The van der Waals surface area contributed by atoms with Gasteiger partial charge in [0.25, 0.3) is 0 Å². The number of carbonyl (C=O) groups excluding carboxylic acids is 2. The molecule has 41 heavy (non-hydrogen) atoms. The van der Waals surface area contributed by atoms with Gasteiger partial charge in [0.15, 0.2) is 0 Å². The Bertz CT molecular complexity index is 1330. The molecule has 216 valence electrons. The number of benzene rings is 3. The van der Waals surface area contributed by atoms with Gasteiger partial charge < -0.3 is 10.2 Å². The SMILES string of the molecule is Cc1ccc(CC(=O)N2CCN(CCCCC3(C(=O)NCC(F)(F)F)c4ccccc4-c4ccccc43)CC2)cc1. The first kappa shape index (κ1) is 28.9. The van der Waals surface area contributed by atoms with Crippen LogP contribution in [-0.4, -0.2) is 67.1 Å². The van der Waals surface area contributed by atoms with Crippen LogP contribution in [0.15, 0.2) is 72.8 Å².